The fourth-order valence-electron chi connectivity index (χ4n) is 2.53. The van der Waals surface area contributed by atoms with Gasteiger partial charge in [-0.05, 0) is 26.0 Å². The molecule has 0 bridgehead atoms. The molecule has 0 saturated carbocycles. The van der Waals surface area contributed by atoms with E-state index in [4.69, 9.17) is 5.73 Å². The van der Waals surface area contributed by atoms with E-state index in [0.717, 1.165) is 33.8 Å². The second-order valence-electron chi connectivity index (χ2n) is 4.88. The van der Waals surface area contributed by atoms with Gasteiger partial charge in [-0.2, -0.15) is 0 Å². The Kier molecular flexibility index (Phi) is 2.38. The molecule has 0 unspecified atom stereocenters. The molecule has 0 radical (unpaired) electrons. The summed E-state index contributed by atoms with van der Waals surface area (Å²) >= 11 is 0. The maximum atomic E-state index is 5.85. The standard InChI is InChI=1S/C14H17N5/c1-8-13(19(4)14(15)16-8)10-5-6-12-11(7-10)17-9(2)18(12)3/h5-7H,1-4H3,(H2,15,16). The number of rotatable bonds is 1. The molecule has 5 nitrogen and oxygen atoms in total. The van der Waals surface area contributed by atoms with Gasteiger partial charge in [-0.25, -0.2) is 9.97 Å². The van der Waals surface area contributed by atoms with E-state index in [9.17, 15) is 0 Å². The Morgan fingerprint density at radius 1 is 1.05 bits per heavy atom. The number of nitrogens with two attached hydrogens (primary N) is 1. The van der Waals surface area contributed by atoms with Crippen LogP contribution < -0.4 is 5.73 Å². The first-order valence-corrected chi connectivity index (χ1v) is 6.21. The molecule has 3 rings (SSSR count). The quantitative estimate of drug-likeness (QED) is 0.725. The Bertz CT molecular complexity index is 779. The summed E-state index contributed by atoms with van der Waals surface area (Å²) in [6, 6.07) is 6.27. The molecule has 0 spiro atoms. The maximum Gasteiger partial charge on any atom is 0.200 e. The smallest absolute Gasteiger partial charge is 0.200 e. The number of imidazole rings is 2. The van der Waals surface area contributed by atoms with Gasteiger partial charge in [0.05, 0.1) is 22.4 Å². The van der Waals surface area contributed by atoms with Crippen molar-refractivity contribution in [3.8, 4) is 11.3 Å². The van der Waals surface area contributed by atoms with Crippen molar-refractivity contribution in [3.63, 3.8) is 0 Å². The van der Waals surface area contributed by atoms with E-state index in [1.807, 2.05) is 32.5 Å². The van der Waals surface area contributed by atoms with E-state index in [1.54, 1.807) is 0 Å². The fraction of sp³-hybridized carbons (Fsp3) is 0.286. The van der Waals surface area contributed by atoms with Gasteiger partial charge >= 0.3 is 0 Å². The summed E-state index contributed by atoms with van der Waals surface area (Å²) in [6.45, 7) is 3.98. The van der Waals surface area contributed by atoms with Crippen LogP contribution in [0.15, 0.2) is 18.2 Å². The van der Waals surface area contributed by atoms with Crippen molar-refractivity contribution in [1.82, 2.24) is 19.1 Å². The van der Waals surface area contributed by atoms with Gasteiger partial charge in [0.2, 0.25) is 5.95 Å². The number of fused-ring (bicyclic) bond motifs is 1. The van der Waals surface area contributed by atoms with Crippen molar-refractivity contribution in [3.05, 3.63) is 29.7 Å². The summed E-state index contributed by atoms with van der Waals surface area (Å²) < 4.78 is 4.00. The topological polar surface area (TPSA) is 61.7 Å². The van der Waals surface area contributed by atoms with Crippen LogP contribution in [0.5, 0.6) is 0 Å². The van der Waals surface area contributed by atoms with Gasteiger partial charge in [0.15, 0.2) is 0 Å². The van der Waals surface area contributed by atoms with Gasteiger partial charge in [0.1, 0.15) is 5.82 Å². The number of hydrogen-bond acceptors (Lipinski definition) is 3. The Morgan fingerprint density at radius 2 is 1.79 bits per heavy atom. The summed E-state index contributed by atoms with van der Waals surface area (Å²) in [4.78, 5) is 8.87. The van der Waals surface area contributed by atoms with Gasteiger partial charge in [-0.1, -0.05) is 6.07 Å². The van der Waals surface area contributed by atoms with Gasteiger partial charge in [-0.15, -0.1) is 0 Å². The molecule has 2 heterocycles. The van der Waals surface area contributed by atoms with E-state index in [0.29, 0.717) is 5.95 Å². The molecule has 0 aliphatic heterocycles. The third-order valence-electron chi connectivity index (χ3n) is 3.68. The molecule has 2 aromatic heterocycles. The third-order valence-corrected chi connectivity index (χ3v) is 3.68. The lowest BCUT2D eigenvalue weighted by atomic mass is 10.1. The summed E-state index contributed by atoms with van der Waals surface area (Å²) in [7, 11) is 3.95. The highest BCUT2D eigenvalue weighted by molar-refractivity contribution is 5.82. The molecule has 0 atom stereocenters. The van der Waals surface area contributed by atoms with E-state index in [-0.39, 0.29) is 0 Å². The highest BCUT2D eigenvalue weighted by Gasteiger charge is 2.13. The number of benzene rings is 1. The molecule has 0 aliphatic rings. The Labute approximate surface area is 111 Å². The van der Waals surface area contributed by atoms with Crippen molar-refractivity contribution in [2.24, 2.45) is 14.1 Å². The summed E-state index contributed by atoms with van der Waals surface area (Å²) in [6.07, 6.45) is 0. The number of nitrogen functional groups attached to an aromatic ring is 1. The van der Waals surface area contributed by atoms with Crippen molar-refractivity contribution in [1.29, 1.82) is 0 Å². The predicted molar refractivity (Wildman–Crippen MR) is 76.8 cm³/mol. The third kappa shape index (κ3) is 1.62. The number of hydrogen-bond donors (Lipinski definition) is 1. The van der Waals surface area contributed by atoms with Crippen LogP contribution in [0.3, 0.4) is 0 Å². The van der Waals surface area contributed by atoms with Gasteiger partial charge in [-0.3, -0.25) is 0 Å². The van der Waals surface area contributed by atoms with Crippen molar-refractivity contribution in [2.75, 3.05) is 5.73 Å². The van der Waals surface area contributed by atoms with Crippen molar-refractivity contribution >= 4 is 17.0 Å². The highest BCUT2D eigenvalue weighted by atomic mass is 15.1. The largest absolute Gasteiger partial charge is 0.369 e. The molecule has 0 amide bonds. The van der Waals surface area contributed by atoms with Crippen LogP contribution in [0.4, 0.5) is 5.95 Å². The Hall–Kier alpha value is -2.30. The van der Waals surface area contributed by atoms with Crippen LogP contribution in [0.2, 0.25) is 0 Å². The molecule has 0 fully saturated rings. The normalized spacial score (nSPS) is 11.4. The first kappa shape index (κ1) is 11.8. The minimum Gasteiger partial charge on any atom is -0.369 e. The fourth-order valence-corrected chi connectivity index (χ4v) is 2.53. The second kappa shape index (κ2) is 3.85. The Morgan fingerprint density at radius 3 is 2.42 bits per heavy atom. The molecule has 98 valence electrons. The minimum absolute atomic E-state index is 0.532. The Balaban J connectivity index is 2.26. The van der Waals surface area contributed by atoms with Crippen LogP contribution >= 0.6 is 0 Å². The number of aryl methyl sites for hydroxylation is 3. The molecular weight excluding hydrogens is 238 g/mol. The van der Waals surface area contributed by atoms with E-state index in [2.05, 4.69) is 32.7 Å². The van der Waals surface area contributed by atoms with Crippen molar-refractivity contribution < 1.29 is 0 Å². The number of aromatic nitrogens is 4. The van der Waals surface area contributed by atoms with Gasteiger partial charge < -0.3 is 14.9 Å². The lowest BCUT2D eigenvalue weighted by molar-refractivity contribution is 0.886. The van der Waals surface area contributed by atoms with Crippen LogP contribution in [-0.4, -0.2) is 19.1 Å². The van der Waals surface area contributed by atoms with E-state index >= 15 is 0 Å². The van der Waals surface area contributed by atoms with E-state index in [1.165, 1.54) is 0 Å². The lowest BCUT2D eigenvalue weighted by Crippen LogP contribution is -1.98. The maximum absolute atomic E-state index is 5.85. The van der Waals surface area contributed by atoms with Crippen LogP contribution in [-0.2, 0) is 14.1 Å². The SMILES string of the molecule is Cc1nc(N)n(C)c1-c1ccc2c(c1)nc(C)n2C. The van der Waals surface area contributed by atoms with E-state index < -0.39 is 0 Å². The molecular formula is C14H17N5. The zero-order chi connectivity index (χ0) is 13.7. The van der Waals surface area contributed by atoms with Crippen LogP contribution in [0.25, 0.3) is 22.3 Å². The van der Waals surface area contributed by atoms with Crippen molar-refractivity contribution in [2.45, 2.75) is 13.8 Å². The zero-order valence-corrected chi connectivity index (χ0v) is 11.6. The number of nitrogens with zero attached hydrogens (tertiary/aromatic N) is 4. The molecule has 3 aromatic rings. The molecule has 0 saturated heterocycles. The van der Waals surface area contributed by atoms with Gasteiger partial charge in [0, 0.05) is 19.7 Å². The summed E-state index contributed by atoms with van der Waals surface area (Å²) in [5.74, 6) is 1.54. The average molecular weight is 255 g/mol. The lowest BCUT2D eigenvalue weighted by Gasteiger charge is -2.05. The highest BCUT2D eigenvalue weighted by Crippen LogP contribution is 2.28. The minimum atomic E-state index is 0.532. The average Bonchev–Trinajstić information content (AvgIpc) is 2.78. The van der Waals surface area contributed by atoms with Crippen LogP contribution in [0.1, 0.15) is 11.5 Å². The zero-order valence-electron chi connectivity index (χ0n) is 11.6. The molecule has 0 aliphatic carbocycles. The summed E-state index contributed by atoms with van der Waals surface area (Å²) in [5, 5.41) is 0. The van der Waals surface area contributed by atoms with Crippen LogP contribution in [0, 0.1) is 13.8 Å². The molecule has 19 heavy (non-hydrogen) atoms. The van der Waals surface area contributed by atoms with Gasteiger partial charge in [0.25, 0.3) is 0 Å². The molecule has 5 heteroatoms. The second-order valence-corrected chi connectivity index (χ2v) is 4.88. The first-order chi connectivity index (χ1) is 8.99. The molecule has 1 aromatic carbocycles. The first-order valence-electron chi connectivity index (χ1n) is 6.21. The molecule has 2 N–H and O–H groups in total. The predicted octanol–water partition coefficient (Wildman–Crippen LogP) is 2.17. The summed E-state index contributed by atoms with van der Waals surface area (Å²) in [5.41, 5.74) is 11.1. The number of anilines is 1. The monoisotopic (exact) mass is 255 g/mol.